The molecule has 0 saturated carbocycles. The van der Waals surface area contributed by atoms with Gasteiger partial charge in [-0.3, -0.25) is 4.79 Å². The summed E-state index contributed by atoms with van der Waals surface area (Å²) >= 11 is 1.53. The number of hydrogen-bond donors (Lipinski definition) is 2. The summed E-state index contributed by atoms with van der Waals surface area (Å²) in [6.07, 6.45) is 1.54. The van der Waals surface area contributed by atoms with Crippen LogP contribution in [0.1, 0.15) is 17.3 Å². The van der Waals surface area contributed by atoms with E-state index in [1.54, 1.807) is 25.4 Å². The number of carbonyl (C=O) groups is 1. The summed E-state index contributed by atoms with van der Waals surface area (Å²) in [7, 11) is 1.60. The number of thiazole rings is 1. The summed E-state index contributed by atoms with van der Waals surface area (Å²) in [5, 5.41) is 2.78. The van der Waals surface area contributed by atoms with Crippen LogP contribution < -0.4 is 15.2 Å². The highest BCUT2D eigenvalue weighted by atomic mass is 32.1. The van der Waals surface area contributed by atoms with Crippen molar-refractivity contribution in [2.75, 3.05) is 13.7 Å². The van der Waals surface area contributed by atoms with Crippen molar-refractivity contribution in [3.8, 4) is 39.2 Å². The highest BCUT2D eigenvalue weighted by Crippen LogP contribution is 2.35. The number of methoxy groups -OCH3 is 1. The van der Waals surface area contributed by atoms with E-state index < -0.39 is 11.7 Å². The molecule has 1 amide bonds. The molecule has 0 fully saturated rings. The van der Waals surface area contributed by atoms with Crippen LogP contribution >= 0.6 is 11.3 Å². The molecule has 3 N–H and O–H groups in total. The van der Waals surface area contributed by atoms with Crippen LogP contribution in [0.15, 0.2) is 60.1 Å². The molecule has 2 aromatic heterocycles. The third kappa shape index (κ3) is 5.39. The lowest BCUT2D eigenvalue weighted by Gasteiger charge is -2.16. The summed E-state index contributed by atoms with van der Waals surface area (Å²) in [4.78, 5) is 19.0. The van der Waals surface area contributed by atoms with Gasteiger partial charge in [0.15, 0.2) is 11.6 Å². The number of rotatable bonds is 9. The number of primary amides is 1. The molecule has 33 heavy (non-hydrogen) atoms. The van der Waals surface area contributed by atoms with Gasteiger partial charge in [0.2, 0.25) is 5.91 Å². The number of aromatic nitrogens is 2. The fourth-order valence-corrected chi connectivity index (χ4v) is 3.88. The van der Waals surface area contributed by atoms with E-state index in [9.17, 15) is 9.18 Å². The minimum absolute atomic E-state index is 0.0389. The van der Waals surface area contributed by atoms with E-state index in [1.807, 2.05) is 30.5 Å². The van der Waals surface area contributed by atoms with Gasteiger partial charge < -0.3 is 24.9 Å². The predicted octanol–water partition coefficient (Wildman–Crippen LogP) is 5.25. The molecule has 0 aliphatic rings. The first-order valence-electron chi connectivity index (χ1n) is 10.1. The number of benzene rings is 2. The van der Waals surface area contributed by atoms with Crippen molar-refractivity contribution in [3.63, 3.8) is 0 Å². The Kier molecular flexibility index (Phi) is 6.71. The number of halogens is 1. The summed E-state index contributed by atoms with van der Waals surface area (Å²) in [6.45, 7) is 2.29. The van der Waals surface area contributed by atoms with E-state index in [1.165, 1.54) is 23.5 Å². The molecule has 1 atom stereocenters. The van der Waals surface area contributed by atoms with Crippen molar-refractivity contribution in [1.82, 2.24) is 9.97 Å². The maximum atomic E-state index is 14.5. The third-order valence-electron chi connectivity index (χ3n) is 4.72. The highest BCUT2D eigenvalue weighted by molar-refractivity contribution is 7.13. The maximum Gasteiger partial charge on any atom is 0.248 e. The largest absolute Gasteiger partial charge is 0.488 e. The van der Waals surface area contributed by atoms with Crippen LogP contribution in [-0.2, 0) is 4.74 Å². The van der Waals surface area contributed by atoms with Crippen molar-refractivity contribution in [2.45, 2.75) is 13.0 Å². The van der Waals surface area contributed by atoms with Crippen LogP contribution in [0.3, 0.4) is 0 Å². The van der Waals surface area contributed by atoms with Crippen molar-refractivity contribution in [2.24, 2.45) is 5.73 Å². The Bertz CT molecular complexity index is 1260. The topological polar surface area (TPSA) is 99.5 Å². The quantitative estimate of drug-likeness (QED) is 0.350. The first kappa shape index (κ1) is 22.5. The second kappa shape index (κ2) is 9.85. The summed E-state index contributed by atoms with van der Waals surface area (Å²) in [6, 6.07) is 13.0. The minimum atomic E-state index is -0.715. The van der Waals surface area contributed by atoms with Gasteiger partial charge >= 0.3 is 0 Å². The fraction of sp³-hybridized carbons (Fsp3) is 0.167. The number of H-pyrrole nitrogens is 1. The lowest BCUT2D eigenvalue weighted by molar-refractivity contribution is 0.0920. The van der Waals surface area contributed by atoms with Crippen LogP contribution in [-0.4, -0.2) is 35.7 Å². The van der Waals surface area contributed by atoms with E-state index in [2.05, 4.69) is 9.97 Å². The summed E-state index contributed by atoms with van der Waals surface area (Å²) < 4.78 is 31.4. The molecule has 0 bridgehead atoms. The predicted molar refractivity (Wildman–Crippen MR) is 124 cm³/mol. The first-order chi connectivity index (χ1) is 15.9. The molecule has 0 aliphatic carbocycles. The lowest BCUT2D eigenvalue weighted by Crippen LogP contribution is -2.17. The second-order valence-corrected chi connectivity index (χ2v) is 8.21. The Balaban J connectivity index is 1.68. The molecular formula is C24H22FN3O4S. The number of nitrogens with two attached hydrogens (primary N) is 1. The smallest absolute Gasteiger partial charge is 0.248 e. The average molecular weight is 468 g/mol. The highest BCUT2D eigenvalue weighted by Gasteiger charge is 2.14. The molecule has 9 heteroatoms. The third-order valence-corrected chi connectivity index (χ3v) is 5.53. The number of nitrogens with zero attached hydrogens (tertiary/aromatic N) is 1. The Hall–Kier alpha value is -3.69. The standard InChI is InChI=1S/C24H22FN3O4S/c1-14(13-30-2)31-17-9-16(20-4-5-21(28-20)24-27-7-8-33-24)10-18(12-17)32-22-6-3-15(23(26)29)11-19(22)25/h3-12,14,28H,13H2,1-2H3,(H2,26,29)/t14-/m0/s1. The van der Waals surface area contributed by atoms with Crippen molar-refractivity contribution in [1.29, 1.82) is 0 Å². The SMILES string of the molecule is COC[C@H](C)Oc1cc(Oc2ccc(C(N)=O)cc2F)cc(-c2ccc(-c3nccs3)[nH]2)c1. The zero-order valence-corrected chi connectivity index (χ0v) is 18.8. The van der Waals surface area contributed by atoms with Crippen LogP contribution in [0, 0.1) is 5.82 Å². The molecule has 2 aromatic carbocycles. The molecule has 0 radical (unpaired) electrons. The van der Waals surface area contributed by atoms with Crippen molar-refractivity contribution < 1.29 is 23.4 Å². The number of carbonyl (C=O) groups excluding carboxylic acids is 1. The Labute approximate surface area is 194 Å². The van der Waals surface area contributed by atoms with Crippen LogP contribution in [0.2, 0.25) is 0 Å². The summed E-state index contributed by atoms with van der Waals surface area (Å²) in [5.41, 5.74) is 7.76. The van der Waals surface area contributed by atoms with Gasteiger partial charge in [-0.25, -0.2) is 9.37 Å². The number of aromatic amines is 1. The molecule has 7 nitrogen and oxygen atoms in total. The number of hydrogen-bond acceptors (Lipinski definition) is 6. The monoisotopic (exact) mass is 467 g/mol. The van der Waals surface area contributed by atoms with Crippen molar-refractivity contribution >= 4 is 17.2 Å². The summed E-state index contributed by atoms with van der Waals surface area (Å²) in [5.74, 6) is -0.552. The number of ether oxygens (including phenoxy) is 3. The molecule has 0 unspecified atom stereocenters. The van der Waals surface area contributed by atoms with Gasteiger partial charge in [0, 0.05) is 41.6 Å². The fourth-order valence-electron chi connectivity index (χ4n) is 3.26. The van der Waals surface area contributed by atoms with Gasteiger partial charge in [-0.15, -0.1) is 11.3 Å². The first-order valence-corrected chi connectivity index (χ1v) is 11.0. The van der Waals surface area contributed by atoms with E-state index in [4.69, 9.17) is 19.9 Å². The van der Waals surface area contributed by atoms with Crippen molar-refractivity contribution in [3.05, 3.63) is 71.5 Å². The van der Waals surface area contributed by atoms with Gasteiger partial charge in [0.25, 0.3) is 0 Å². The number of amides is 1. The molecule has 0 spiro atoms. The Morgan fingerprint density at radius 1 is 1.15 bits per heavy atom. The van der Waals surface area contributed by atoms with Gasteiger partial charge in [-0.1, -0.05) is 0 Å². The molecule has 170 valence electrons. The van der Waals surface area contributed by atoms with Gasteiger partial charge in [-0.2, -0.15) is 0 Å². The van der Waals surface area contributed by atoms with Gasteiger partial charge in [0.05, 0.1) is 12.3 Å². The molecule has 0 saturated heterocycles. The average Bonchev–Trinajstić information content (AvgIpc) is 3.47. The van der Waals surface area contributed by atoms with E-state index in [-0.39, 0.29) is 17.4 Å². The Morgan fingerprint density at radius 2 is 1.94 bits per heavy atom. The maximum absolute atomic E-state index is 14.5. The van der Waals surface area contributed by atoms with Gasteiger partial charge in [-0.05, 0) is 49.4 Å². The number of nitrogens with one attached hydrogen (secondary N) is 1. The van der Waals surface area contributed by atoms with Crippen LogP contribution in [0.25, 0.3) is 22.0 Å². The molecule has 4 rings (SSSR count). The molecule has 2 heterocycles. The molecule has 4 aromatic rings. The van der Waals surface area contributed by atoms with Crippen LogP contribution in [0.5, 0.6) is 17.2 Å². The minimum Gasteiger partial charge on any atom is -0.488 e. The zero-order valence-electron chi connectivity index (χ0n) is 18.0. The van der Waals surface area contributed by atoms with Gasteiger partial charge in [0.1, 0.15) is 22.6 Å². The molecular weight excluding hydrogens is 445 g/mol. The second-order valence-electron chi connectivity index (χ2n) is 7.31. The van der Waals surface area contributed by atoms with E-state index in [0.29, 0.717) is 18.1 Å². The lowest BCUT2D eigenvalue weighted by atomic mass is 10.1. The van der Waals surface area contributed by atoms with E-state index in [0.717, 1.165) is 28.0 Å². The molecule has 0 aliphatic heterocycles. The Morgan fingerprint density at radius 3 is 2.64 bits per heavy atom. The zero-order chi connectivity index (χ0) is 23.4. The van der Waals surface area contributed by atoms with E-state index >= 15 is 0 Å². The normalized spacial score (nSPS) is 11.8. The van der Waals surface area contributed by atoms with Crippen LogP contribution in [0.4, 0.5) is 4.39 Å².